The minimum atomic E-state index is -4.82. The van der Waals surface area contributed by atoms with Crippen LogP contribution in [0.3, 0.4) is 0 Å². The maximum absolute atomic E-state index is 13.1. The van der Waals surface area contributed by atoms with Crippen LogP contribution in [0.4, 0.5) is 23.7 Å². The van der Waals surface area contributed by atoms with Gasteiger partial charge in [-0.05, 0) is 79.9 Å². The summed E-state index contributed by atoms with van der Waals surface area (Å²) in [6.07, 6.45) is -4.40. The second kappa shape index (κ2) is 17.6. The Balaban J connectivity index is 1.56. The van der Waals surface area contributed by atoms with E-state index in [1.807, 2.05) is 0 Å². The lowest BCUT2D eigenvalue weighted by molar-refractivity contribution is -0.274. The lowest BCUT2D eigenvalue weighted by Crippen LogP contribution is -2.38. The standard InChI is InChI=1S/C31H33Cl2F3N2O7/c1-2-42-28(29(39)40)17-21-5-9-25(10-6-21)44-16-14-38(13-3-4-15-43-27-19-22(32)18-23(33)20-27)30(41)37-24-7-11-26(12-8-24)45-31(34,35)36/h5-12,18-20,28H,2-4,13-17H2,1H3,(H,37,41)(H,39,40). The fraction of sp³-hybridized carbons (Fsp3) is 0.355. The van der Waals surface area contributed by atoms with Crippen molar-refractivity contribution in [3.63, 3.8) is 0 Å². The molecule has 45 heavy (non-hydrogen) atoms. The molecule has 3 aromatic carbocycles. The van der Waals surface area contributed by atoms with Crippen LogP contribution in [0.15, 0.2) is 66.7 Å². The minimum absolute atomic E-state index is 0.138. The van der Waals surface area contributed by atoms with Gasteiger partial charge in [0.2, 0.25) is 0 Å². The smallest absolute Gasteiger partial charge is 0.493 e. The van der Waals surface area contributed by atoms with Crippen molar-refractivity contribution in [2.45, 2.75) is 38.7 Å². The van der Waals surface area contributed by atoms with Crippen LogP contribution >= 0.6 is 23.2 Å². The van der Waals surface area contributed by atoms with Crippen molar-refractivity contribution in [3.8, 4) is 17.2 Å². The average molecular weight is 674 g/mol. The normalized spacial score (nSPS) is 11.9. The summed E-state index contributed by atoms with van der Waals surface area (Å²) in [6, 6.07) is 16.1. The number of carboxylic acids is 1. The van der Waals surface area contributed by atoms with Crippen molar-refractivity contribution in [1.29, 1.82) is 0 Å². The first kappa shape index (κ1) is 35.6. The fourth-order valence-electron chi connectivity index (χ4n) is 4.09. The Hall–Kier alpha value is -3.87. The SMILES string of the molecule is CCOC(Cc1ccc(OCCN(CCCCOc2cc(Cl)cc(Cl)c2)C(=O)Nc2ccc(OC(F)(F)F)cc2)cc1)C(=O)O. The molecule has 1 atom stereocenters. The van der Waals surface area contributed by atoms with Gasteiger partial charge in [-0.3, -0.25) is 0 Å². The van der Waals surface area contributed by atoms with Crippen molar-refractivity contribution >= 4 is 40.9 Å². The zero-order chi connectivity index (χ0) is 32.8. The highest BCUT2D eigenvalue weighted by atomic mass is 35.5. The van der Waals surface area contributed by atoms with Gasteiger partial charge >= 0.3 is 18.4 Å². The number of halogens is 5. The first-order chi connectivity index (χ1) is 21.4. The van der Waals surface area contributed by atoms with E-state index in [9.17, 15) is 27.9 Å². The van der Waals surface area contributed by atoms with Gasteiger partial charge in [0.1, 0.15) is 23.9 Å². The molecular weight excluding hydrogens is 640 g/mol. The summed E-state index contributed by atoms with van der Waals surface area (Å²) in [5.41, 5.74) is 1.04. The second-order valence-electron chi connectivity index (χ2n) is 9.63. The molecule has 3 rings (SSSR count). The average Bonchev–Trinajstić information content (AvgIpc) is 2.96. The van der Waals surface area contributed by atoms with E-state index < -0.39 is 30.2 Å². The summed E-state index contributed by atoms with van der Waals surface area (Å²) in [5.74, 6) is -0.400. The molecule has 1 unspecified atom stereocenters. The monoisotopic (exact) mass is 672 g/mol. The van der Waals surface area contributed by atoms with E-state index in [2.05, 4.69) is 10.1 Å². The number of carboxylic acid groups (broad SMARTS) is 1. The van der Waals surface area contributed by atoms with Gasteiger partial charge in [0.05, 0.1) is 13.2 Å². The number of hydrogen-bond donors (Lipinski definition) is 2. The summed E-state index contributed by atoms with van der Waals surface area (Å²) >= 11 is 12.0. The molecule has 0 heterocycles. The number of unbranched alkanes of at least 4 members (excludes halogenated alkanes) is 1. The fourth-order valence-corrected chi connectivity index (χ4v) is 4.60. The van der Waals surface area contributed by atoms with Gasteiger partial charge in [0.25, 0.3) is 0 Å². The number of benzene rings is 3. The summed E-state index contributed by atoms with van der Waals surface area (Å²) in [4.78, 5) is 26.0. The molecule has 0 fully saturated rings. The van der Waals surface area contributed by atoms with E-state index in [1.165, 1.54) is 17.0 Å². The number of alkyl halides is 3. The molecule has 0 aliphatic rings. The van der Waals surface area contributed by atoms with E-state index in [0.717, 1.165) is 17.7 Å². The maximum atomic E-state index is 13.1. The Kier molecular flexibility index (Phi) is 13.9. The highest BCUT2D eigenvalue weighted by Gasteiger charge is 2.31. The van der Waals surface area contributed by atoms with Gasteiger partial charge in [0, 0.05) is 35.3 Å². The highest BCUT2D eigenvalue weighted by Crippen LogP contribution is 2.25. The highest BCUT2D eigenvalue weighted by molar-refractivity contribution is 6.34. The molecule has 14 heteroatoms. The number of carbonyl (C=O) groups is 2. The topological polar surface area (TPSA) is 107 Å². The molecule has 0 saturated heterocycles. The van der Waals surface area contributed by atoms with Gasteiger partial charge in [-0.25, -0.2) is 9.59 Å². The van der Waals surface area contributed by atoms with E-state index in [1.54, 1.807) is 49.4 Å². The van der Waals surface area contributed by atoms with Gasteiger partial charge in [-0.1, -0.05) is 35.3 Å². The molecule has 3 aromatic rings. The molecule has 0 aliphatic heterocycles. The van der Waals surface area contributed by atoms with Crippen molar-refractivity contribution < 1.29 is 46.8 Å². The Labute approximate surface area is 268 Å². The molecule has 9 nitrogen and oxygen atoms in total. The number of nitrogens with zero attached hydrogens (tertiary/aromatic N) is 1. The lowest BCUT2D eigenvalue weighted by atomic mass is 10.1. The number of urea groups is 1. The lowest BCUT2D eigenvalue weighted by Gasteiger charge is -2.23. The van der Waals surface area contributed by atoms with Crippen molar-refractivity contribution in [2.24, 2.45) is 0 Å². The van der Waals surface area contributed by atoms with Crippen LogP contribution in [0.1, 0.15) is 25.3 Å². The maximum Gasteiger partial charge on any atom is 0.573 e. The molecule has 2 amide bonds. The molecular formula is C31H33Cl2F3N2O7. The van der Waals surface area contributed by atoms with E-state index in [0.29, 0.717) is 47.5 Å². The van der Waals surface area contributed by atoms with E-state index in [4.69, 9.17) is 37.4 Å². The predicted octanol–water partition coefficient (Wildman–Crippen LogP) is 7.70. The van der Waals surface area contributed by atoms with Gasteiger partial charge in [-0.2, -0.15) is 0 Å². The Morgan fingerprint density at radius 2 is 1.49 bits per heavy atom. The molecule has 0 radical (unpaired) electrons. The van der Waals surface area contributed by atoms with Crippen LogP contribution in [0.25, 0.3) is 0 Å². The molecule has 2 N–H and O–H groups in total. The number of rotatable bonds is 17. The summed E-state index contributed by atoms with van der Waals surface area (Å²) < 4.78 is 58.1. The third kappa shape index (κ3) is 13.3. The van der Waals surface area contributed by atoms with E-state index >= 15 is 0 Å². The number of ether oxygens (including phenoxy) is 4. The predicted molar refractivity (Wildman–Crippen MR) is 164 cm³/mol. The van der Waals surface area contributed by atoms with Crippen molar-refractivity contribution in [3.05, 3.63) is 82.3 Å². The molecule has 0 aliphatic carbocycles. The molecule has 0 bridgehead atoms. The number of aliphatic carboxylic acids is 1. The van der Waals surface area contributed by atoms with E-state index in [-0.39, 0.29) is 31.9 Å². The quantitative estimate of drug-likeness (QED) is 0.142. The van der Waals surface area contributed by atoms with Gasteiger partial charge < -0.3 is 34.3 Å². The first-order valence-electron chi connectivity index (χ1n) is 14.0. The number of hydrogen-bond acceptors (Lipinski definition) is 6. The largest absolute Gasteiger partial charge is 0.573 e. The third-order valence-corrected chi connectivity index (χ3v) is 6.61. The van der Waals surface area contributed by atoms with Gasteiger partial charge in [-0.15, -0.1) is 13.2 Å². The summed E-state index contributed by atoms with van der Waals surface area (Å²) in [7, 11) is 0. The number of amides is 2. The van der Waals surface area contributed by atoms with Gasteiger partial charge in [0.15, 0.2) is 6.10 Å². The Morgan fingerprint density at radius 3 is 2.09 bits per heavy atom. The zero-order valence-corrected chi connectivity index (χ0v) is 25.8. The van der Waals surface area contributed by atoms with Crippen LogP contribution in [-0.4, -0.2) is 67.4 Å². The minimum Gasteiger partial charge on any atom is -0.493 e. The van der Waals surface area contributed by atoms with Crippen LogP contribution in [-0.2, 0) is 16.0 Å². The van der Waals surface area contributed by atoms with Crippen LogP contribution < -0.4 is 19.5 Å². The third-order valence-electron chi connectivity index (χ3n) is 6.17. The molecule has 0 spiro atoms. The van der Waals surface area contributed by atoms with Crippen molar-refractivity contribution in [1.82, 2.24) is 4.90 Å². The molecule has 244 valence electrons. The van der Waals surface area contributed by atoms with Crippen molar-refractivity contribution in [2.75, 3.05) is 38.2 Å². The van der Waals surface area contributed by atoms with Crippen LogP contribution in [0, 0.1) is 0 Å². The molecule has 0 saturated carbocycles. The summed E-state index contributed by atoms with van der Waals surface area (Å²) in [6.45, 7) is 3.02. The molecule has 0 aromatic heterocycles. The number of anilines is 1. The van der Waals surface area contributed by atoms with Crippen LogP contribution in [0.5, 0.6) is 17.2 Å². The number of carbonyl (C=O) groups excluding carboxylic acids is 1. The second-order valence-corrected chi connectivity index (χ2v) is 10.5. The first-order valence-corrected chi connectivity index (χ1v) is 14.7. The Bertz CT molecular complexity index is 1360. The zero-order valence-electron chi connectivity index (χ0n) is 24.3. The number of nitrogens with one attached hydrogen (secondary N) is 1. The van der Waals surface area contributed by atoms with Crippen LogP contribution in [0.2, 0.25) is 10.0 Å². The Morgan fingerprint density at radius 1 is 0.867 bits per heavy atom. The summed E-state index contributed by atoms with van der Waals surface area (Å²) in [5, 5.41) is 12.9.